The summed E-state index contributed by atoms with van der Waals surface area (Å²) in [6.07, 6.45) is 9.33. The molecule has 0 aliphatic carbocycles. The second-order valence-electron chi connectivity index (χ2n) is 7.02. The molecule has 2 rings (SSSR count). The number of hydrogen-bond donors (Lipinski definition) is 1. The van der Waals surface area contributed by atoms with Crippen molar-refractivity contribution in [3.63, 3.8) is 0 Å². The van der Waals surface area contributed by atoms with Crippen LogP contribution in [-0.4, -0.2) is 36.5 Å². The van der Waals surface area contributed by atoms with E-state index < -0.39 is 0 Å². The summed E-state index contributed by atoms with van der Waals surface area (Å²) in [4.78, 5) is 14.9. The van der Waals surface area contributed by atoms with Crippen molar-refractivity contribution in [1.29, 1.82) is 0 Å². The van der Waals surface area contributed by atoms with E-state index in [4.69, 9.17) is 0 Å². The topological polar surface area (TPSA) is 32.3 Å². The molecule has 2 fully saturated rings. The van der Waals surface area contributed by atoms with E-state index in [-0.39, 0.29) is 0 Å². The minimum Gasteiger partial charge on any atom is -0.339 e. The molecule has 0 radical (unpaired) electrons. The Balaban J connectivity index is 1.98. The van der Waals surface area contributed by atoms with Gasteiger partial charge in [0.25, 0.3) is 0 Å². The summed E-state index contributed by atoms with van der Waals surface area (Å²) in [6.45, 7) is 7.69. The summed E-state index contributed by atoms with van der Waals surface area (Å²) < 4.78 is 0. The van der Waals surface area contributed by atoms with Crippen molar-refractivity contribution < 1.29 is 4.79 Å². The molecule has 0 aromatic carbocycles. The van der Waals surface area contributed by atoms with Gasteiger partial charge in [0, 0.05) is 19.0 Å². The molecule has 1 N–H and O–H groups in total. The van der Waals surface area contributed by atoms with Crippen LogP contribution in [0.25, 0.3) is 0 Å². The quantitative estimate of drug-likeness (QED) is 0.857. The average Bonchev–Trinajstić information content (AvgIpc) is 2.71. The highest BCUT2D eigenvalue weighted by Gasteiger charge is 2.32. The molecule has 3 nitrogen and oxygen atoms in total. The summed E-state index contributed by atoms with van der Waals surface area (Å²) in [7, 11) is 0. The molecule has 1 atom stereocenters. The van der Waals surface area contributed by atoms with Gasteiger partial charge < -0.3 is 10.2 Å². The highest BCUT2D eigenvalue weighted by Crippen LogP contribution is 2.29. The van der Waals surface area contributed by atoms with Crippen LogP contribution >= 0.6 is 0 Å². The van der Waals surface area contributed by atoms with Crippen molar-refractivity contribution in [2.75, 3.05) is 19.6 Å². The number of hydrogen-bond acceptors (Lipinski definition) is 2. The highest BCUT2D eigenvalue weighted by atomic mass is 16.2. The predicted molar refractivity (Wildman–Crippen MR) is 83.6 cm³/mol. The van der Waals surface area contributed by atoms with Crippen molar-refractivity contribution in [1.82, 2.24) is 10.2 Å². The first-order valence-corrected chi connectivity index (χ1v) is 8.68. The number of piperidine rings is 1. The normalized spacial score (nSPS) is 25.8. The largest absolute Gasteiger partial charge is 0.339 e. The van der Waals surface area contributed by atoms with Crippen LogP contribution in [0.2, 0.25) is 0 Å². The third-order valence-corrected chi connectivity index (χ3v) is 4.98. The Morgan fingerprint density at radius 2 is 1.90 bits per heavy atom. The van der Waals surface area contributed by atoms with E-state index in [1.54, 1.807) is 0 Å². The maximum absolute atomic E-state index is 12.6. The van der Waals surface area contributed by atoms with Gasteiger partial charge in [0.05, 0.1) is 0 Å². The van der Waals surface area contributed by atoms with Crippen molar-refractivity contribution in [3.8, 4) is 0 Å². The Kier molecular flexibility index (Phi) is 6.34. The van der Waals surface area contributed by atoms with Gasteiger partial charge in [-0.15, -0.1) is 0 Å². The van der Waals surface area contributed by atoms with Crippen LogP contribution < -0.4 is 5.32 Å². The summed E-state index contributed by atoms with van der Waals surface area (Å²) in [5, 5.41) is 3.45. The van der Waals surface area contributed by atoms with Gasteiger partial charge in [0.1, 0.15) is 0 Å². The minimum atomic E-state index is 0.420. The van der Waals surface area contributed by atoms with Gasteiger partial charge in [-0.25, -0.2) is 0 Å². The van der Waals surface area contributed by atoms with Gasteiger partial charge in [-0.1, -0.05) is 26.7 Å². The number of carbonyl (C=O) groups excluding carboxylic acids is 1. The molecule has 2 heterocycles. The number of amides is 1. The summed E-state index contributed by atoms with van der Waals surface area (Å²) in [6, 6.07) is 0.527. The number of likely N-dealkylation sites (tertiary alicyclic amines) is 1. The molecule has 0 bridgehead atoms. The van der Waals surface area contributed by atoms with Crippen molar-refractivity contribution >= 4 is 5.91 Å². The Morgan fingerprint density at radius 1 is 1.15 bits per heavy atom. The Morgan fingerprint density at radius 3 is 2.60 bits per heavy atom. The molecular weight excluding hydrogens is 248 g/mol. The monoisotopic (exact) mass is 280 g/mol. The van der Waals surface area contributed by atoms with Crippen LogP contribution in [-0.2, 0) is 4.79 Å². The van der Waals surface area contributed by atoms with E-state index in [1.165, 1.54) is 38.5 Å². The lowest BCUT2D eigenvalue weighted by molar-refractivity contribution is -0.135. The van der Waals surface area contributed by atoms with Crippen LogP contribution in [0, 0.1) is 11.8 Å². The SMILES string of the molecule is CC(C)CCC(=O)N1CCCCCC1C1CCNCC1. The summed E-state index contributed by atoms with van der Waals surface area (Å²) in [5.74, 6) is 1.78. The molecule has 116 valence electrons. The second kappa shape index (κ2) is 8.02. The van der Waals surface area contributed by atoms with E-state index in [2.05, 4.69) is 24.1 Å². The van der Waals surface area contributed by atoms with Crippen molar-refractivity contribution in [2.45, 2.75) is 71.3 Å². The van der Waals surface area contributed by atoms with Crippen LogP contribution in [0.3, 0.4) is 0 Å². The molecule has 2 aliphatic heterocycles. The molecule has 20 heavy (non-hydrogen) atoms. The van der Waals surface area contributed by atoms with E-state index in [1.807, 2.05) is 0 Å². The van der Waals surface area contributed by atoms with Gasteiger partial charge in [-0.2, -0.15) is 0 Å². The molecule has 1 unspecified atom stereocenters. The maximum Gasteiger partial charge on any atom is 0.222 e. The number of nitrogens with zero attached hydrogens (tertiary/aromatic N) is 1. The van der Waals surface area contributed by atoms with E-state index in [0.717, 1.165) is 38.4 Å². The smallest absolute Gasteiger partial charge is 0.222 e. The zero-order valence-corrected chi connectivity index (χ0v) is 13.4. The molecule has 2 aliphatic rings. The third kappa shape index (κ3) is 4.47. The average molecular weight is 280 g/mol. The first-order chi connectivity index (χ1) is 9.68. The van der Waals surface area contributed by atoms with Gasteiger partial charge in [-0.3, -0.25) is 4.79 Å². The van der Waals surface area contributed by atoms with Gasteiger partial charge >= 0.3 is 0 Å². The van der Waals surface area contributed by atoms with Crippen LogP contribution in [0.4, 0.5) is 0 Å². The summed E-state index contributed by atoms with van der Waals surface area (Å²) >= 11 is 0. The fraction of sp³-hybridized carbons (Fsp3) is 0.941. The van der Waals surface area contributed by atoms with Gasteiger partial charge in [-0.05, 0) is 57.0 Å². The minimum absolute atomic E-state index is 0.420. The van der Waals surface area contributed by atoms with E-state index >= 15 is 0 Å². The molecule has 0 aromatic heterocycles. The predicted octanol–water partition coefficient (Wildman–Crippen LogP) is 3.19. The molecule has 0 aromatic rings. The Bertz CT molecular complexity index is 297. The number of carbonyl (C=O) groups is 1. The molecule has 0 saturated carbocycles. The van der Waals surface area contributed by atoms with Gasteiger partial charge in [0.2, 0.25) is 5.91 Å². The zero-order valence-electron chi connectivity index (χ0n) is 13.4. The maximum atomic E-state index is 12.6. The molecule has 2 saturated heterocycles. The molecule has 0 spiro atoms. The van der Waals surface area contributed by atoms with Crippen LogP contribution in [0.1, 0.15) is 65.2 Å². The summed E-state index contributed by atoms with van der Waals surface area (Å²) in [5.41, 5.74) is 0. The first-order valence-electron chi connectivity index (χ1n) is 8.68. The van der Waals surface area contributed by atoms with Crippen LogP contribution in [0.15, 0.2) is 0 Å². The van der Waals surface area contributed by atoms with E-state index in [0.29, 0.717) is 17.9 Å². The highest BCUT2D eigenvalue weighted by molar-refractivity contribution is 5.76. The Labute approximate surface area is 124 Å². The fourth-order valence-corrected chi connectivity index (χ4v) is 3.72. The van der Waals surface area contributed by atoms with Gasteiger partial charge in [0.15, 0.2) is 0 Å². The molecule has 3 heteroatoms. The Hall–Kier alpha value is -0.570. The second-order valence-corrected chi connectivity index (χ2v) is 7.02. The molecular formula is C17H32N2O. The molecule has 1 amide bonds. The number of nitrogens with one attached hydrogen (secondary N) is 1. The fourth-order valence-electron chi connectivity index (χ4n) is 3.72. The number of rotatable bonds is 4. The standard InChI is InChI=1S/C17H32N2O/c1-14(2)7-8-17(20)19-13-5-3-4-6-16(19)15-9-11-18-12-10-15/h14-16,18H,3-13H2,1-2H3. The first kappa shape index (κ1) is 15.8. The lowest BCUT2D eigenvalue weighted by Gasteiger charge is -2.38. The zero-order chi connectivity index (χ0) is 14.4. The lowest BCUT2D eigenvalue weighted by atomic mass is 9.86. The van der Waals surface area contributed by atoms with E-state index in [9.17, 15) is 4.79 Å². The van der Waals surface area contributed by atoms with Crippen molar-refractivity contribution in [2.24, 2.45) is 11.8 Å². The van der Waals surface area contributed by atoms with Crippen molar-refractivity contribution in [3.05, 3.63) is 0 Å². The lowest BCUT2D eigenvalue weighted by Crippen LogP contribution is -2.47. The third-order valence-electron chi connectivity index (χ3n) is 4.98. The van der Waals surface area contributed by atoms with Crippen LogP contribution in [0.5, 0.6) is 0 Å².